The summed E-state index contributed by atoms with van der Waals surface area (Å²) in [6.45, 7) is 6.47. The number of carbonyl (C=O) groups excluding carboxylic acids is 1. The Morgan fingerprint density at radius 3 is 2.69 bits per heavy atom. The van der Waals surface area contributed by atoms with Crippen LogP contribution in [0.5, 0.6) is 0 Å². The molecule has 1 aliphatic heterocycles. The van der Waals surface area contributed by atoms with Gasteiger partial charge in [-0.05, 0) is 33.7 Å². The average Bonchev–Trinajstić information content (AvgIpc) is 2.15. The fourth-order valence-electron chi connectivity index (χ4n) is 1.72. The van der Waals surface area contributed by atoms with Crippen LogP contribution in [0.15, 0.2) is 0 Å². The van der Waals surface area contributed by atoms with Gasteiger partial charge in [-0.15, -0.1) is 0 Å². The zero-order valence-corrected chi connectivity index (χ0v) is 10.2. The second kappa shape index (κ2) is 4.99. The number of halogens is 1. The molecule has 0 aromatic carbocycles. The van der Waals surface area contributed by atoms with Crippen LogP contribution >= 0.6 is 0 Å². The molecule has 0 spiro atoms. The molecule has 5 heteroatoms. The van der Waals surface area contributed by atoms with Gasteiger partial charge in [0.1, 0.15) is 11.8 Å². The third-order valence-electron chi connectivity index (χ3n) is 2.60. The van der Waals surface area contributed by atoms with Gasteiger partial charge < -0.3 is 15.4 Å². The van der Waals surface area contributed by atoms with Crippen LogP contribution in [0.25, 0.3) is 0 Å². The van der Waals surface area contributed by atoms with Gasteiger partial charge >= 0.3 is 6.09 Å². The number of likely N-dealkylation sites (tertiary alicyclic amines) is 1. The standard InChI is InChI=1S/C11H21FN2O2/c1-11(2,3)16-10(15)14-5-4-9(12)8(6-13)7-14/h8-9H,4-7,13H2,1-3H3/t8-,9-/m1/s1. The molecule has 0 saturated carbocycles. The van der Waals surface area contributed by atoms with E-state index < -0.39 is 11.8 Å². The van der Waals surface area contributed by atoms with Crippen LogP contribution in [-0.4, -0.2) is 42.4 Å². The van der Waals surface area contributed by atoms with Crippen molar-refractivity contribution in [3.63, 3.8) is 0 Å². The smallest absolute Gasteiger partial charge is 0.410 e. The second-order valence-electron chi connectivity index (χ2n) is 5.23. The highest BCUT2D eigenvalue weighted by molar-refractivity contribution is 5.68. The molecule has 1 heterocycles. The molecule has 1 saturated heterocycles. The van der Waals surface area contributed by atoms with Gasteiger partial charge in [-0.2, -0.15) is 0 Å². The van der Waals surface area contributed by atoms with E-state index in [1.54, 1.807) is 4.90 Å². The molecule has 0 aromatic rings. The van der Waals surface area contributed by atoms with Crippen LogP contribution in [0.3, 0.4) is 0 Å². The lowest BCUT2D eigenvalue weighted by Gasteiger charge is -2.35. The van der Waals surface area contributed by atoms with Crippen molar-refractivity contribution in [2.24, 2.45) is 11.7 Å². The largest absolute Gasteiger partial charge is 0.444 e. The van der Waals surface area contributed by atoms with E-state index in [9.17, 15) is 9.18 Å². The van der Waals surface area contributed by atoms with Gasteiger partial charge in [-0.25, -0.2) is 9.18 Å². The monoisotopic (exact) mass is 232 g/mol. The molecule has 0 aromatic heterocycles. The van der Waals surface area contributed by atoms with Crippen molar-refractivity contribution in [2.75, 3.05) is 19.6 Å². The van der Waals surface area contributed by atoms with E-state index in [0.29, 0.717) is 19.5 Å². The third kappa shape index (κ3) is 3.63. The number of nitrogens with zero attached hydrogens (tertiary/aromatic N) is 1. The summed E-state index contributed by atoms with van der Waals surface area (Å²) < 4.78 is 18.6. The van der Waals surface area contributed by atoms with Crippen molar-refractivity contribution in [3.05, 3.63) is 0 Å². The van der Waals surface area contributed by atoms with Crippen LogP contribution in [0.4, 0.5) is 9.18 Å². The first kappa shape index (κ1) is 13.2. The highest BCUT2D eigenvalue weighted by atomic mass is 19.1. The highest BCUT2D eigenvalue weighted by Crippen LogP contribution is 2.21. The molecule has 1 rings (SSSR count). The summed E-state index contributed by atoms with van der Waals surface area (Å²) in [6.07, 6.45) is -0.928. The molecule has 16 heavy (non-hydrogen) atoms. The molecule has 0 bridgehead atoms. The van der Waals surface area contributed by atoms with E-state index >= 15 is 0 Å². The number of piperidine rings is 1. The fourth-order valence-corrected chi connectivity index (χ4v) is 1.72. The van der Waals surface area contributed by atoms with Gasteiger partial charge in [0.15, 0.2) is 0 Å². The topological polar surface area (TPSA) is 55.6 Å². The molecule has 2 atom stereocenters. The number of rotatable bonds is 1. The lowest BCUT2D eigenvalue weighted by molar-refractivity contribution is 0.00770. The Balaban J connectivity index is 2.52. The molecule has 1 fully saturated rings. The van der Waals surface area contributed by atoms with Crippen molar-refractivity contribution >= 4 is 6.09 Å². The number of amides is 1. The maximum Gasteiger partial charge on any atom is 0.410 e. The SMILES string of the molecule is CC(C)(C)OC(=O)N1CC[C@@H](F)[C@H](CN)C1. The van der Waals surface area contributed by atoms with E-state index in [4.69, 9.17) is 10.5 Å². The summed E-state index contributed by atoms with van der Waals surface area (Å²) in [6, 6.07) is 0. The molecular weight excluding hydrogens is 211 g/mol. The van der Waals surface area contributed by atoms with E-state index in [-0.39, 0.29) is 18.6 Å². The van der Waals surface area contributed by atoms with Crippen molar-refractivity contribution in [2.45, 2.75) is 39.0 Å². The quantitative estimate of drug-likeness (QED) is 0.746. The Bertz CT molecular complexity index is 253. The number of alkyl halides is 1. The Kier molecular flexibility index (Phi) is 4.13. The molecule has 0 radical (unpaired) electrons. The molecular formula is C11H21FN2O2. The molecule has 0 unspecified atom stereocenters. The zero-order valence-electron chi connectivity index (χ0n) is 10.2. The van der Waals surface area contributed by atoms with Gasteiger partial charge in [0.05, 0.1) is 0 Å². The Labute approximate surface area is 95.9 Å². The van der Waals surface area contributed by atoms with Crippen molar-refractivity contribution in [1.29, 1.82) is 0 Å². The summed E-state index contributed by atoms with van der Waals surface area (Å²) in [7, 11) is 0. The van der Waals surface area contributed by atoms with Gasteiger partial charge in [-0.3, -0.25) is 0 Å². The molecule has 2 N–H and O–H groups in total. The molecule has 1 aliphatic rings. The minimum atomic E-state index is -0.899. The van der Waals surface area contributed by atoms with Crippen molar-refractivity contribution in [3.8, 4) is 0 Å². The predicted molar refractivity (Wildman–Crippen MR) is 59.9 cm³/mol. The summed E-state index contributed by atoms with van der Waals surface area (Å²) in [5.41, 5.74) is 4.95. The molecule has 94 valence electrons. The normalized spacial score (nSPS) is 26.7. The van der Waals surface area contributed by atoms with Crippen LogP contribution in [-0.2, 0) is 4.74 Å². The van der Waals surface area contributed by atoms with E-state index in [0.717, 1.165) is 0 Å². The molecule has 1 amide bonds. The molecule has 0 aliphatic carbocycles. The highest BCUT2D eigenvalue weighted by Gasteiger charge is 2.32. The first-order chi connectivity index (χ1) is 7.33. The maximum atomic E-state index is 13.4. The van der Waals surface area contributed by atoms with Crippen LogP contribution in [0.2, 0.25) is 0 Å². The molecule has 4 nitrogen and oxygen atoms in total. The van der Waals surface area contributed by atoms with Gasteiger partial charge in [0, 0.05) is 19.0 Å². The van der Waals surface area contributed by atoms with E-state index in [1.165, 1.54) is 0 Å². The number of ether oxygens (including phenoxy) is 1. The minimum absolute atomic E-state index is 0.263. The fraction of sp³-hybridized carbons (Fsp3) is 0.909. The lowest BCUT2D eigenvalue weighted by atomic mass is 9.96. The number of carbonyl (C=O) groups is 1. The van der Waals surface area contributed by atoms with Crippen molar-refractivity contribution < 1.29 is 13.9 Å². The van der Waals surface area contributed by atoms with Crippen LogP contribution < -0.4 is 5.73 Å². The zero-order chi connectivity index (χ0) is 12.3. The maximum absolute atomic E-state index is 13.4. The first-order valence-electron chi connectivity index (χ1n) is 5.65. The summed E-state index contributed by atoms with van der Waals surface area (Å²) in [5.74, 6) is -0.263. The summed E-state index contributed by atoms with van der Waals surface area (Å²) >= 11 is 0. The van der Waals surface area contributed by atoms with Gasteiger partial charge in [-0.1, -0.05) is 0 Å². The van der Waals surface area contributed by atoms with Gasteiger partial charge in [0.2, 0.25) is 0 Å². The van der Waals surface area contributed by atoms with Crippen LogP contribution in [0.1, 0.15) is 27.2 Å². The number of hydrogen-bond acceptors (Lipinski definition) is 3. The lowest BCUT2D eigenvalue weighted by Crippen LogP contribution is -2.48. The minimum Gasteiger partial charge on any atom is -0.444 e. The number of nitrogens with two attached hydrogens (primary N) is 1. The van der Waals surface area contributed by atoms with Crippen LogP contribution in [0, 0.1) is 5.92 Å². The van der Waals surface area contributed by atoms with Gasteiger partial charge in [0.25, 0.3) is 0 Å². The Morgan fingerprint density at radius 1 is 1.56 bits per heavy atom. The summed E-state index contributed by atoms with van der Waals surface area (Å²) in [4.78, 5) is 13.3. The Hall–Kier alpha value is -0.840. The van der Waals surface area contributed by atoms with E-state index in [1.807, 2.05) is 20.8 Å². The average molecular weight is 232 g/mol. The second-order valence-corrected chi connectivity index (χ2v) is 5.23. The third-order valence-corrected chi connectivity index (χ3v) is 2.60. The van der Waals surface area contributed by atoms with Crippen molar-refractivity contribution in [1.82, 2.24) is 4.90 Å². The Morgan fingerprint density at radius 2 is 2.19 bits per heavy atom. The number of hydrogen-bond donors (Lipinski definition) is 1. The predicted octanol–water partition coefficient (Wildman–Crippen LogP) is 1.54. The van der Waals surface area contributed by atoms with E-state index in [2.05, 4.69) is 0 Å². The summed E-state index contributed by atoms with van der Waals surface area (Å²) in [5, 5.41) is 0. The first-order valence-corrected chi connectivity index (χ1v) is 5.65.